The van der Waals surface area contributed by atoms with E-state index in [1.165, 1.54) is 4.90 Å². The molecule has 0 aromatic carbocycles. The Hall–Kier alpha value is -0.843. The minimum atomic E-state index is -2.18. The summed E-state index contributed by atoms with van der Waals surface area (Å²) in [4.78, 5) is 26.9. The SMILES string of the molecule is CCC1(C)C(=O)N(C)C(=O)N1[Si](C(C)C)(C(C)C)C(C)C. The molecule has 1 heterocycles. The van der Waals surface area contributed by atoms with Crippen LogP contribution in [0.5, 0.6) is 0 Å². The van der Waals surface area contributed by atoms with Crippen LogP contribution in [0.15, 0.2) is 0 Å². The van der Waals surface area contributed by atoms with E-state index in [0.717, 1.165) is 0 Å². The quantitative estimate of drug-likeness (QED) is 0.563. The highest BCUT2D eigenvalue weighted by molar-refractivity contribution is 6.83. The van der Waals surface area contributed by atoms with Crippen LogP contribution in [0.1, 0.15) is 61.8 Å². The van der Waals surface area contributed by atoms with Crippen LogP contribution in [-0.4, -0.2) is 42.2 Å². The fourth-order valence-corrected chi connectivity index (χ4v) is 11.7. The molecule has 0 spiro atoms. The lowest BCUT2D eigenvalue weighted by atomic mass is 9.99. The molecule has 5 heteroatoms. The first-order valence-corrected chi connectivity index (χ1v) is 10.3. The molecular weight excluding hydrogens is 280 g/mol. The molecule has 1 unspecified atom stereocenters. The number of rotatable bonds is 5. The van der Waals surface area contributed by atoms with Gasteiger partial charge >= 0.3 is 6.03 Å². The number of imide groups is 1. The molecule has 0 bridgehead atoms. The fourth-order valence-electron chi connectivity index (χ4n) is 4.58. The van der Waals surface area contributed by atoms with Gasteiger partial charge in [0.1, 0.15) is 5.54 Å². The number of nitrogens with zero attached hydrogens (tertiary/aromatic N) is 2. The first-order chi connectivity index (χ1) is 9.49. The summed E-state index contributed by atoms with van der Waals surface area (Å²) in [5, 5.41) is 0. The summed E-state index contributed by atoms with van der Waals surface area (Å²) >= 11 is 0. The molecule has 1 atom stereocenters. The van der Waals surface area contributed by atoms with Gasteiger partial charge in [-0.05, 0) is 30.0 Å². The first kappa shape index (κ1) is 18.2. The van der Waals surface area contributed by atoms with Crippen LogP contribution in [-0.2, 0) is 4.79 Å². The molecule has 0 aromatic rings. The Morgan fingerprint density at radius 2 is 1.38 bits per heavy atom. The van der Waals surface area contributed by atoms with E-state index < -0.39 is 13.8 Å². The van der Waals surface area contributed by atoms with Crippen molar-refractivity contribution in [1.29, 1.82) is 0 Å². The van der Waals surface area contributed by atoms with E-state index >= 15 is 0 Å². The Kier molecular flexibility index (Phi) is 4.98. The lowest BCUT2D eigenvalue weighted by Crippen LogP contribution is -2.67. The van der Waals surface area contributed by atoms with Crippen molar-refractivity contribution >= 4 is 20.2 Å². The third-order valence-corrected chi connectivity index (χ3v) is 12.6. The van der Waals surface area contributed by atoms with Crippen molar-refractivity contribution in [2.45, 2.75) is 84.0 Å². The van der Waals surface area contributed by atoms with Gasteiger partial charge in [-0.15, -0.1) is 0 Å². The average Bonchev–Trinajstić information content (AvgIpc) is 2.54. The predicted molar refractivity (Wildman–Crippen MR) is 89.7 cm³/mol. The molecule has 21 heavy (non-hydrogen) atoms. The van der Waals surface area contributed by atoms with Gasteiger partial charge in [0.05, 0.1) is 0 Å². The number of amides is 3. The van der Waals surface area contributed by atoms with Crippen LogP contribution in [0.2, 0.25) is 16.6 Å². The summed E-state index contributed by atoms with van der Waals surface area (Å²) < 4.78 is 2.04. The molecule has 0 N–H and O–H groups in total. The highest BCUT2D eigenvalue weighted by Crippen LogP contribution is 2.49. The van der Waals surface area contributed by atoms with E-state index in [0.29, 0.717) is 23.0 Å². The standard InChI is InChI=1S/C16H32N2O2Si/c1-10-16(8)14(19)17(9)15(20)18(16)21(11(2)3,12(4)5)13(6)7/h11-13H,10H2,1-9H3. The van der Waals surface area contributed by atoms with Crippen LogP contribution >= 0.6 is 0 Å². The van der Waals surface area contributed by atoms with Crippen molar-refractivity contribution in [2.75, 3.05) is 7.05 Å². The predicted octanol–water partition coefficient (Wildman–Crippen LogP) is 4.22. The minimum Gasteiger partial charge on any atom is -0.337 e. The summed E-state index contributed by atoms with van der Waals surface area (Å²) in [5.74, 6) is -0.0474. The van der Waals surface area contributed by atoms with E-state index in [-0.39, 0.29) is 11.9 Å². The Bertz CT molecular complexity index is 412. The molecule has 4 nitrogen and oxygen atoms in total. The second-order valence-electron chi connectivity index (χ2n) is 7.46. The zero-order valence-corrected chi connectivity index (χ0v) is 16.2. The van der Waals surface area contributed by atoms with Crippen molar-refractivity contribution in [3.8, 4) is 0 Å². The molecule has 0 aliphatic carbocycles. The minimum absolute atomic E-state index is 0.0474. The largest absolute Gasteiger partial charge is 0.337 e. The summed E-state index contributed by atoms with van der Waals surface area (Å²) in [6.07, 6.45) is 0.669. The molecule has 0 saturated carbocycles. The lowest BCUT2D eigenvalue weighted by Gasteiger charge is -2.53. The van der Waals surface area contributed by atoms with Gasteiger partial charge in [0, 0.05) is 7.05 Å². The van der Waals surface area contributed by atoms with Crippen molar-refractivity contribution < 1.29 is 9.59 Å². The number of carbonyl (C=O) groups is 2. The van der Waals surface area contributed by atoms with Crippen molar-refractivity contribution in [3.05, 3.63) is 0 Å². The van der Waals surface area contributed by atoms with Crippen molar-refractivity contribution in [1.82, 2.24) is 9.47 Å². The van der Waals surface area contributed by atoms with Crippen molar-refractivity contribution in [3.63, 3.8) is 0 Å². The van der Waals surface area contributed by atoms with Crippen LogP contribution in [0.4, 0.5) is 4.79 Å². The maximum Gasteiger partial charge on any atom is 0.319 e. The van der Waals surface area contributed by atoms with Gasteiger partial charge in [0.2, 0.25) is 0 Å². The average molecular weight is 313 g/mol. The molecular formula is C16H32N2O2Si. The van der Waals surface area contributed by atoms with Crippen LogP contribution < -0.4 is 0 Å². The second-order valence-corrected chi connectivity index (χ2v) is 13.1. The maximum atomic E-state index is 12.9. The van der Waals surface area contributed by atoms with Crippen LogP contribution in [0.3, 0.4) is 0 Å². The fraction of sp³-hybridized carbons (Fsp3) is 0.875. The highest BCUT2D eigenvalue weighted by Gasteiger charge is 2.63. The maximum absolute atomic E-state index is 12.9. The van der Waals surface area contributed by atoms with E-state index in [2.05, 4.69) is 41.5 Å². The van der Waals surface area contributed by atoms with Crippen LogP contribution in [0, 0.1) is 0 Å². The topological polar surface area (TPSA) is 40.6 Å². The van der Waals surface area contributed by atoms with E-state index in [1.807, 2.05) is 18.4 Å². The van der Waals surface area contributed by atoms with Gasteiger partial charge in [0.25, 0.3) is 5.91 Å². The first-order valence-electron chi connectivity index (χ1n) is 8.11. The van der Waals surface area contributed by atoms with Gasteiger partial charge in [-0.3, -0.25) is 9.69 Å². The zero-order chi connectivity index (χ0) is 16.7. The Morgan fingerprint density at radius 1 is 1.00 bits per heavy atom. The van der Waals surface area contributed by atoms with E-state index in [4.69, 9.17) is 0 Å². The molecule has 0 aromatic heterocycles. The third kappa shape index (κ3) is 2.24. The summed E-state index contributed by atoms with van der Waals surface area (Å²) in [6, 6.07) is -0.0906. The number of hydrogen-bond acceptors (Lipinski definition) is 2. The van der Waals surface area contributed by atoms with Gasteiger partial charge < -0.3 is 4.57 Å². The van der Waals surface area contributed by atoms with E-state index in [1.54, 1.807) is 7.05 Å². The van der Waals surface area contributed by atoms with Gasteiger partial charge in [-0.25, -0.2) is 4.79 Å². The molecule has 1 saturated heterocycles. The monoisotopic (exact) mass is 312 g/mol. The number of carbonyl (C=O) groups excluding carboxylic acids is 2. The Labute approximate surface area is 131 Å². The normalized spacial score (nSPS) is 24.2. The van der Waals surface area contributed by atoms with Gasteiger partial charge in [-0.2, -0.15) is 0 Å². The summed E-state index contributed by atoms with van der Waals surface area (Å²) in [6.45, 7) is 17.3. The summed E-state index contributed by atoms with van der Waals surface area (Å²) in [7, 11) is -0.553. The van der Waals surface area contributed by atoms with Gasteiger partial charge in [-0.1, -0.05) is 48.5 Å². The molecule has 3 amide bonds. The number of likely N-dealkylation sites (N-methyl/N-ethyl adjacent to an activating group) is 1. The third-order valence-electron chi connectivity index (χ3n) is 5.59. The molecule has 0 radical (unpaired) electrons. The lowest BCUT2D eigenvalue weighted by molar-refractivity contribution is -0.131. The Morgan fingerprint density at radius 3 is 1.67 bits per heavy atom. The summed E-state index contributed by atoms with van der Waals surface area (Å²) in [5.41, 5.74) is 0.543. The molecule has 1 rings (SSSR count). The van der Waals surface area contributed by atoms with Gasteiger partial charge in [0.15, 0.2) is 8.24 Å². The molecule has 1 fully saturated rings. The molecule has 1 aliphatic rings. The number of urea groups is 1. The number of hydrogen-bond donors (Lipinski definition) is 0. The van der Waals surface area contributed by atoms with Crippen LogP contribution in [0.25, 0.3) is 0 Å². The van der Waals surface area contributed by atoms with Crippen molar-refractivity contribution in [2.24, 2.45) is 0 Å². The zero-order valence-electron chi connectivity index (χ0n) is 15.2. The molecule has 1 aliphatic heterocycles. The van der Waals surface area contributed by atoms with E-state index in [9.17, 15) is 9.59 Å². The smallest absolute Gasteiger partial charge is 0.319 e. The second kappa shape index (κ2) is 5.74. The Balaban J connectivity index is 3.63. The highest BCUT2D eigenvalue weighted by atomic mass is 28.3. The molecule has 122 valence electrons.